The van der Waals surface area contributed by atoms with Crippen LogP contribution in [0.1, 0.15) is 38.7 Å². The third kappa shape index (κ3) is 5.55. The van der Waals surface area contributed by atoms with Crippen LogP contribution in [-0.4, -0.2) is 62.3 Å². The molecule has 3 rings (SSSR count). The van der Waals surface area contributed by atoms with Crippen LogP contribution in [0.2, 0.25) is 0 Å². The Morgan fingerprint density at radius 1 is 1.07 bits per heavy atom. The second-order valence-electron chi connectivity index (χ2n) is 8.36. The monoisotopic (exact) mass is 407 g/mol. The Balaban J connectivity index is 1.45. The number of hydrogen-bond acceptors (Lipinski definition) is 4. The number of nitrogens with zero attached hydrogens (tertiary/aromatic N) is 2. The van der Waals surface area contributed by atoms with Crippen molar-refractivity contribution in [2.75, 3.05) is 32.7 Å². The van der Waals surface area contributed by atoms with Crippen molar-refractivity contribution in [3.63, 3.8) is 0 Å². The quantitative estimate of drug-likeness (QED) is 0.784. The van der Waals surface area contributed by atoms with Gasteiger partial charge in [-0.25, -0.2) is 8.42 Å². The maximum atomic E-state index is 12.6. The maximum absolute atomic E-state index is 12.6. The van der Waals surface area contributed by atoms with Crippen LogP contribution in [0.5, 0.6) is 0 Å². The number of nitrogens with one attached hydrogen (secondary N) is 1. The van der Waals surface area contributed by atoms with Crippen molar-refractivity contribution in [3.8, 4) is 0 Å². The first-order chi connectivity index (χ1) is 13.3. The second-order valence-corrected chi connectivity index (χ2v) is 10.3. The number of rotatable bonds is 6. The maximum Gasteiger partial charge on any atom is 0.234 e. The number of benzene rings is 1. The Hall–Kier alpha value is -1.44. The van der Waals surface area contributed by atoms with Crippen LogP contribution in [0.3, 0.4) is 0 Å². The van der Waals surface area contributed by atoms with Crippen LogP contribution in [-0.2, 0) is 20.6 Å². The first kappa shape index (κ1) is 21.3. The van der Waals surface area contributed by atoms with Crippen LogP contribution < -0.4 is 5.32 Å². The summed E-state index contributed by atoms with van der Waals surface area (Å²) in [4.78, 5) is 14.5. The van der Waals surface area contributed by atoms with Gasteiger partial charge in [-0.2, -0.15) is 4.31 Å². The van der Waals surface area contributed by atoms with E-state index in [-0.39, 0.29) is 17.7 Å². The molecule has 1 aromatic carbocycles. The number of sulfonamides is 1. The predicted octanol–water partition coefficient (Wildman–Crippen LogP) is 2.07. The van der Waals surface area contributed by atoms with E-state index in [2.05, 4.69) is 24.1 Å². The number of amides is 1. The highest BCUT2D eigenvalue weighted by Gasteiger charge is 2.30. The van der Waals surface area contributed by atoms with E-state index in [0.29, 0.717) is 44.6 Å². The summed E-state index contributed by atoms with van der Waals surface area (Å²) in [5, 5.41) is 3.21. The molecule has 0 unspecified atom stereocenters. The van der Waals surface area contributed by atoms with Crippen LogP contribution in [0, 0.1) is 11.8 Å². The highest BCUT2D eigenvalue weighted by molar-refractivity contribution is 7.88. The van der Waals surface area contributed by atoms with Gasteiger partial charge in [0, 0.05) is 32.2 Å². The molecule has 7 heteroatoms. The summed E-state index contributed by atoms with van der Waals surface area (Å²) in [6, 6.07) is 9.54. The Labute approximate surface area is 169 Å². The lowest BCUT2D eigenvalue weighted by Crippen LogP contribution is -2.53. The number of carbonyl (C=O) groups excluding carboxylic acids is 1. The first-order valence-corrected chi connectivity index (χ1v) is 12.0. The molecule has 1 aliphatic carbocycles. The summed E-state index contributed by atoms with van der Waals surface area (Å²) in [5.41, 5.74) is 0.806. The fraction of sp³-hybridized carbons (Fsp3) is 0.667. The molecular formula is C21H33N3O3S. The molecule has 6 nitrogen and oxygen atoms in total. The molecule has 1 heterocycles. The van der Waals surface area contributed by atoms with Crippen LogP contribution in [0.25, 0.3) is 0 Å². The summed E-state index contributed by atoms with van der Waals surface area (Å²) in [7, 11) is -3.32. The summed E-state index contributed by atoms with van der Waals surface area (Å²) in [6.45, 7) is 6.92. The molecule has 2 fully saturated rings. The molecule has 0 bridgehead atoms. The molecule has 1 aliphatic heterocycles. The lowest BCUT2D eigenvalue weighted by Gasteiger charge is -2.36. The average molecular weight is 408 g/mol. The topological polar surface area (TPSA) is 69.7 Å². The molecule has 0 spiro atoms. The lowest BCUT2D eigenvalue weighted by molar-refractivity contribution is -0.124. The minimum absolute atomic E-state index is 0.0338. The van der Waals surface area contributed by atoms with Gasteiger partial charge in [0.15, 0.2) is 0 Å². The fourth-order valence-corrected chi connectivity index (χ4v) is 5.80. The largest absolute Gasteiger partial charge is 0.352 e. The van der Waals surface area contributed by atoms with E-state index >= 15 is 0 Å². The number of carbonyl (C=O) groups is 1. The van der Waals surface area contributed by atoms with E-state index in [0.717, 1.165) is 12.0 Å². The van der Waals surface area contributed by atoms with Crippen molar-refractivity contribution in [3.05, 3.63) is 35.9 Å². The van der Waals surface area contributed by atoms with Gasteiger partial charge < -0.3 is 5.32 Å². The molecule has 0 aromatic heterocycles. The molecule has 1 amide bonds. The number of piperazine rings is 1. The molecule has 156 valence electrons. The van der Waals surface area contributed by atoms with Gasteiger partial charge in [0.1, 0.15) is 0 Å². The molecule has 1 saturated heterocycles. The fourth-order valence-electron chi connectivity index (χ4n) is 4.28. The van der Waals surface area contributed by atoms with Gasteiger partial charge >= 0.3 is 0 Å². The van der Waals surface area contributed by atoms with Gasteiger partial charge in [0.25, 0.3) is 0 Å². The molecule has 0 radical (unpaired) electrons. The Morgan fingerprint density at radius 3 is 2.43 bits per heavy atom. The van der Waals surface area contributed by atoms with E-state index in [1.54, 1.807) is 4.31 Å². The van der Waals surface area contributed by atoms with Crippen molar-refractivity contribution < 1.29 is 13.2 Å². The zero-order valence-corrected chi connectivity index (χ0v) is 17.8. The lowest BCUT2D eigenvalue weighted by atomic mass is 9.78. The summed E-state index contributed by atoms with van der Waals surface area (Å²) < 4.78 is 26.8. The Kier molecular flexibility index (Phi) is 7.12. The van der Waals surface area contributed by atoms with Gasteiger partial charge in [-0.15, -0.1) is 0 Å². The van der Waals surface area contributed by atoms with Crippen LogP contribution in [0.4, 0.5) is 0 Å². The Bertz CT molecular complexity index is 745. The summed E-state index contributed by atoms with van der Waals surface area (Å²) in [5.74, 6) is 1.26. The Morgan fingerprint density at radius 2 is 1.75 bits per heavy atom. The average Bonchev–Trinajstić information content (AvgIpc) is 2.66. The second kappa shape index (κ2) is 9.37. The van der Waals surface area contributed by atoms with E-state index in [4.69, 9.17) is 0 Å². The van der Waals surface area contributed by atoms with Crippen molar-refractivity contribution >= 4 is 15.9 Å². The van der Waals surface area contributed by atoms with Crippen LogP contribution >= 0.6 is 0 Å². The zero-order chi connectivity index (χ0) is 20.1. The van der Waals surface area contributed by atoms with E-state index in [9.17, 15) is 13.2 Å². The normalized spacial score (nSPS) is 27.4. The summed E-state index contributed by atoms with van der Waals surface area (Å²) in [6.07, 6.45) is 3.48. The van der Waals surface area contributed by atoms with Crippen molar-refractivity contribution in [2.24, 2.45) is 11.8 Å². The van der Waals surface area contributed by atoms with Gasteiger partial charge in [-0.1, -0.05) is 57.0 Å². The summed E-state index contributed by atoms with van der Waals surface area (Å²) >= 11 is 0. The predicted molar refractivity (Wildman–Crippen MR) is 111 cm³/mol. The van der Waals surface area contributed by atoms with Gasteiger partial charge in [0.2, 0.25) is 15.9 Å². The zero-order valence-electron chi connectivity index (χ0n) is 17.0. The molecule has 1 saturated carbocycles. The minimum atomic E-state index is -3.32. The van der Waals surface area contributed by atoms with Crippen LogP contribution in [0.15, 0.2) is 30.3 Å². The highest BCUT2D eigenvalue weighted by Crippen LogP contribution is 2.29. The standard InChI is InChI=1S/C21H33N3O3S/c1-17-7-6-10-20(18(17)2)22-21(25)15-23-11-13-24(14-12-23)28(26,27)16-19-8-4-3-5-9-19/h3-5,8-9,17-18,20H,6-7,10-16H2,1-2H3,(H,22,25)/t17-,18-,20-/m1/s1. The van der Waals surface area contributed by atoms with E-state index < -0.39 is 10.0 Å². The molecular weight excluding hydrogens is 374 g/mol. The minimum Gasteiger partial charge on any atom is -0.352 e. The third-order valence-corrected chi connectivity index (χ3v) is 8.19. The SMILES string of the molecule is C[C@@H]1[C@H](C)CCC[C@H]1NC(=O)CN1CCN(S(=O)(=O)Cc2ccccc2)CC1. The molecule has 1 N–H and O–H groups in total. The number of hydrogen-bond donors (Lipinski definition) is 1. The van der Waals surface area contributed by atoms with Gasteiger partial charge in [0.05, 0.1) is 12.3 Å². The van der Waals surface area contributed by atoms with E-state index in [1.165, 1.54) is 12.8 Å². The van der Waals surface area contributed by atoms with Gasteiger partial charge in [-0.05, 0) is 23.8 Å². The van der Waals surface area contributed by atoms with Gasteiger partial charge in [-0.3, -0.25) is 9.69 Å². The smallest absolute Gasteiger partial charge is 0.234 e. The molecule has 3 atom stereocenters. The third-order valence-electron chi connectivity index (χ3n) is 6.34. The van der Waals surface area contributed by atoms with Crippen molar-refractivity contribution in [1.82, 2.24) is 14.5 Å². The van der Waals surface area contributed by atoms with Crippen molar-refractivity contribution in [2.45, 2.75) is 44.9 Å². The molecule has 28 heavy (non-hydrogen) atoms. The molecule has 2 aliphatic rings. The first-order valence-electron chi connectivity index (χ1n) is 10.4. The van der Waals surface area contributed by atoms with Crippen molar-refractivity contribution in [1.29, 1.82) is 0 Å². The highest BCUT2D eigenvalue weighted by atomic mass is 32.2. The molecule has 1 aromatic rings. The van der Waals surface area contributed by atoms with E-state index in [1.807, 2.05) is 30.3 Å².